The predicted octanol–water partition coefficient (Wildman–Crippen LogP) is 3.12. The van der Waals surface area contributed by atoms with Gasteiger partial charge in [-0.3, -0.25) is 14.5 Å². The van der Waals surface area contributed by atoms with Crippen LogP contribution in [0.15, 0.2) is 83.8 Å². The van der Waals surface area contributed by atoms with E-state index >= 15 is 0 Å². The van der Waals surface area contributed by atoms with Crippen molar-refractivity contribution >= 4 is 22.5 Å². The molecule has 0 aliphatic heterocycles. The molecule has 4 aromatic rings. The highest BCUT2D eigenvalue weighted by atomic mass is 16.2. The maximum Gasteiger partial charge on any atom is 0.280 e. The largest absolute Gasteiger partial charge is 0.294 e. The lowest BCUT2D eigenvalue weighted by molar-refractivity contribution is 0.0987. The molecule has 2 aromatic heterocycles. The van der Waals surface area contributed by atoms with Crippen LogP contribution in [-0.2, 0) is 6.54 Å². The van der Waals surface area contributed by atoms with Crippen LogP contribution in [0.4, 0.5) is 5.82 Å². The Kier molecular flexibility index (Phi) is 4.68. The Morgan fingerprint density at radius 2 is 1.61 bits per heavy atom. The van der Waals surface area contributed by atoms with Crippen molar-refractivity contribution in [1.29, 1.82) is 0 Å². The Balaban J connectivity index is 1.84. The first-order valence-corrected chi connectivity index (χ1v) is 8.88. The van der Waals surface area contributed by atoms with Crippen LogP contribution >= 0.6 is 0 Å². The Morgan fingerprint density at radius 3 is 2.32 bits per heavy atom. The Hall–Kier alpha value is -3.80. The number of carbonyl (C=O) groups excluding carboxylic acids is 1. The molecule has 0 fully saturated rings. The summed E-state index contributed by atoms with van der Waals surface area (Å²) in [6.07, 6.45) is 1.63. The van der Waals surface area contributed by atoms with Crippen molar-refractivity contribution in [3.8, 4) is 0 Å². The van der Waals surface area contributed by atoms with Gasteiger partial charge in [-0.15, -0.1) is 0 Å². The van der Waals surface area contributed by atoms with Gasteiger partial charge in [-0.05, 0) is 23.8 Å². The first-order chi connectivity index (χ1) is 13.6. The van der Waals surface area contributed by atoms with Gasteiger partial charge in [-0.2, -0.15) is 5.10 Å². The van der Waals surface area contributed by atoms with Gasteiger partial charge in [0, 0.05) is 18.6 Å². The highest BCUT2D eigenvalue weighted by Crippen LogP contribution is 2.18. The fraction of sp³-hybridized carbons (Fsp3) is 0.0909. The van der Waals surface area contributed by atoms with Crippen LogP contribution in [0, 0.1) is 0 Å². The smallest absolute Gasteiger partial charge is 0.280 e. The average molecular weight is 370 g/mol. The summed E-state index contributed by atoms with van der Waals surface area (Å²) in [7, 11) is 1.65. The molecule has 0 aliphatic rings. The Bertz CT molecular complexity index is 1190. The minimum atomic E-state index is -0.322. The maximum absolute atomic E-state index is 13.2. The number of benzene rings is 2. The zero-order valence-corrected chi connectivity index (χ0v) is 15.3. The SMILES string of the molecule is CN(C(=O)c1nn(Cc2ccccc2)c(=O)c2ccccc12)c1ccccn1. The maximum atomic E-state index is 13.2. The van der Waals surface area contributed by atoms with E-state index in [9.17, 15) is 9.59 Å². The third-order valence-corrected chi connectivity index (χ3v) is 4.54. The van der Waals surface area contributed by atoms with Crippen LogP contribution in [0.2, 0.25) is 0 Å². The van der Waals surface area contributed by atoms with Gasteiger partial charge >= 0.3 is 0 Å². The molecular formula is C22H18N4O2. The number of hydrogen-bond donors (Lipinski definition) is 0. The summed E-state index contributed by atoms with van der Waals surface area (Å²) in [6.45, 7) is 0.290. The minimum absolute atomic E-state index is 0.222. The first kappa shape index (κ1) is 17.6. The van der Waals surface area contributed by atoms with E-state index in [-0.39, 0.29) is 23.7 Å². The third kappa shape index (κ3) is 3.27. The van der Waals surface area contributed by atoms with Gasteiger partial charge in [0.2, 0.25) is 0 Å². The number of nitrogens with zero attached hydrogens (tertiary/aromatic N) is 4. The van der Waals surface area contributed by atoms with E-state index in [0.717, 1.165) is 5.56 Å². The first-order valence-electron chi connectivity index (χ1n) is 8.88. The second kappa shape index (κ2) is 7.44. The summed E-state index contributed by atoms with van der Waals surface area (Å²) in [6, 6.07) is 22.0. The number of fused-ring (bicyclic) bond motifs is 1. The third-order valence-electron chi connectivity index (χ3n) is 4.54. The molecule has 2 heterocycles. The van der Waals surface area contributed by atoms with E-state index in [0.29, 0.717) is 16.6 Å². The molecule has 138 valence electrons. The van der Waals surface area contributed by atoms with Gasteiger partial charge in [0.25, 0.3) is 11.5 Å². The number of carbonyl (C=O) groups is 1. The van der Waals surface area contributed by atoms with Crippen molar-refractivity contribution in [2.45, 2.75) is 6.54 Å². The highest BCUT2D eigenvalue weighted by molar-refractivity contribution is 6.11. The van der Waals surface area contributed by atoms with Gasteiger partial charge in [0.1, 0.15) is 5.82 Å². The predicted molar refractivity (Wildman–Crippen MR) is 109 cm³/mol. The lowest BCUT2D eigenvalue weighted by Crippen LogP contribution is -2.32. The molecule has 0 N–H and O–H groups in total. The van der Waals surface area contributed by atoms with Crippen LogP contribution in [-0.4, -0.2) is 27.7 Å². The zero-order chi connectivity index (χ0) is 19.5. The zero-order valence-electron chi connectivity index (χ0n) is 15.3. The van der Waals surface area contributed by atoms with Crippen molar-refractivity contribution in [2.75, 3.05) is 11.9 Å². The normalized spacial score (nSPS) is 10.8. The molecule has 0 atom stereocenters. The standard InChI is InChI=1S/C22H18N4O2/c1-25(19-13-7-8-14-23-19)22(28)20-17-11-5-6-12-18(17)21(27)26(24-20)15-16-9-3-2-4-10-16/h2-14H,15H2,1H3. The molecule has 0 saturated heterocycles. The van der Waals surface area contributed by atoms with Crippen LogP contribution in [0.1, 0.15) is 16.1 Å². The van der Waals surface area contributed by atoms with Gasteiger partial charge in [-0.25, -0.2) is 9.67 Å². The summed E-state index contributed by atoms with van der Waals surface area (Å²) < 4.78 is 1.34. The molecule has 0 bridgehead atoms. The molecule has 0 unspecified atom stereocenters. The van der Waals surface area contributed by atoms with Crippen LogP contribution in [0.25, 0.3) is 10.8 Å². The van der Waals surface area contributed by atoms with Crippen LogP contribution < -0.4 is 10.5 Å². The minimum Gasteiger partial charge on any atom is -0.294 e. The number of aromatic nitrogens is 3. The second-order valence-corrected chi connectivity index (χ2v) is 6.39. The molecule has 28 heavy (non-hydrogen) atoms. The monoisotopic (exact) mass is 370 g/mol. The summed E-state index contributed by atoms with van der Waals surface area (Å²) in [4.78, 5) is 31.8. The van der Waals surface area contributed by atoms with E-state index in [1.165, 1.54) is 9.58 Å². The summed E-state index contributed by atoms with van der Waals surface area (Å²) in [5, 5.41) is 5.42. The number of rotatable bonds is 4. The second-order valence-electron chi connectivity index (χ2n) is 6.39. The molecule has 6 heteroatoms. The molecule has 6 nitrogen and oxygen atoms in total. The van der Waals surface area contributed by atoms with E-state index in [1.807, 2.05) is 36.4 Å². The number of amides is 1. The molecule has 0 saturated carbocycles. The van der Waals surface area contributed by atoms with Gasteiger partial charge in [-0.1, -0.05) is 54.6 Å². The van der Waals surface area contributed by atoms with Crippen molar-refractivity contribution in [1.82, 2.24) is 14.8 Å². The molecule has 2 aromatic carbocycles. The Labute approximate surface area is 161 Å². The van der Waals surface area contributed by atoms with Crippen LogP contribution in [0.3, 0.4) is 0 Å². The van der Waals surface area contributed by atoms with Crippen molar-refractivity contribution in [3.05, 3.63) is 101 Å². The van der Waals surface area contributed by atoms with E-state index in [1.54, 1.807) is 49.6 Å². The quantitative estimate of drug-likeness (QED) is 0.554. The lowest BCUT2D eigenvalue weighted by Gasteiger charge is -2.17. The van der Waals surface area contributed by atoms with Crippen molar-refractivity contribution in [3.63, 3.8) is 0 Å². The number of hydrogen-bond acceptors (Lipinski definition) is 4. The fourth-order valence-corrected chi connectivity index (χ4v) is 3.07. The molecule has 0 aliphatic carbocycles. The molecule has 0 spiro atoms. The molecule has 4 rings (SSSR count). The van der Waals surface area contributed by atoms with Crippen molar-refractivity contribution in [2.24, 2.45) is 0 Å². The summed E-state index contributed by atoms with van der Waals surface area (Å²) in [5.41, 5.74) is 0.930. The topological polar surface area (TPSA) is 68.1 Å². The molecule has 1 amide bonds. The molecular weight excluding hydrogens is 352 g/mol. The lowest BCUT2D eigenvalue weighted by atomic mass is 10.1. The average Bonchev–Trinajstić information content (AvgIpc) is 2.76. The number of pyridine rings is 1. The summed E-state index contributed by atoms with van der Waals surface area (Å²) in [5.74, 6) is 0.191. The number of anilines is 1. The van der Waals surface area contributed by atoms with Crippen molar-refractivity contribution < 1.29 is 4.79 Å². The molecule has 0 radical (unpaired) electrons. The fourth-order valence-electron chi connectivity index (χ4n) is 3.07. The van der Waals surface area contributed by atoms with E-state index in [4.69, 9.17) is 0 Å². The highest BCUT2D eigenvalue weighted by Gasteiger charge is 2.21. The van der Waals surface area contributed by atoms with Gasteiger partial charge in [0.15, 0.2) is 5.69 Å². The van der Waals surface area contributed by atoms with E-state index < -0.39 is 0 Å². The van der Waals surface area contributed by atoms with Gasteiger partial charge in [0.05, 0.1) is 11.9 Å². The Morgan fingerprint density at radius 1 is 0.929 bits per heavy atom. The van der Waals surface area contributed by atoms with E-state index in [2.05, 4.69) is 10.1 Å². The van der Waals surface area contributed by atoms with Gasteiger partial charge < -0.3 is 0 Å². The van der Waals surface area contributed by atoms with Crippen LogP contribution in [0.5, 0.6) is 0 Å². The summed E-state index contributed by atoms with van der Waals surface area (Å²) >= 11 is 0.